The predicted octanol–water partition coefficient (Wildman–Crippen LogP) is 5.56. The molecule has 44 heavy (non-hydrogen) atoms. The highest BCUT2D eigenvalue weighted by Gasteiger charge is 2.14. The SMILES string of the molecule is COC(=O)c1ccc(NC(=O)CSc2nc3ccc(NC(=O)CSc4nnc(COc5ccccc5C)n4C)cc3s2)cc1. The van der Waals surface area contributed by atoms with Crippen LogP contribution in [0.1, 0.15) is 21.7 Å². The standard InChI is InChI=1S/C30H28N6O5S3/c1-18-6-4-5-7-23(18)41-15-25-34-35-29(36(25)2)42-16-26(37)32-21-12-13-22-24(14-21)44-30(33-22)43-17-27(38)31-20-10-8-19(9-11-20)28(39)40-3/h4-14H,15-17H2,1-3H3,(H,31,38)(H,32,37). The number of para-hydroxylation sites is 1. The number of thioether (sulfide) groups is 2. The highest BCUT2D eigenvalue weighted by molar-refractivity contribution is 8.01. The number of fused-ring (bicyclic) bond motifs is 1. The van der Waals surface area contributed by atoms with Crippen LogP contribution in [0.5, 0.6) is 5.75 Å². The van der Waals surface area contributed by atoms with Crippen LogP contribution in [0.2, 0.25) is 0 Å². The quantitative estimate of drug-likeness (QED) is 0.131. The summed E-state index contributed by atoms with van der Waals surface area (Å²) in [6, 6.07) is 19.7. The van der Waals surface area contributed by atoms with E-state index in [1.54, 1.807) is 30.3 Å². The van der Waals surface area contributed by atoms with Crippen LogP contribution < -0.4 is 15.4 Å². The second kappa shape index (κ2) is 14.4. The van der Waals surface area contributed by atoms with E-state index in [-0.39, 0.29) is 29.9 Å². The van der Waals surface area contributed by atoms with Crippen molar-refractivity contribution in [2.24, 2.45) is 7.05 Å². The fraction of sp³-hybridized carbons (Fsp3) is 0.200. The van der Waals surface area contributed by atoms with Gasteiger partial charge in [-0.25, -0.2) is 9.78 Å². The lowest BCUT2D eigenvalue weighted by Gasteiger charge is -2.08. The van der Waals surface area contributed by atoms with E-state index < -0.39 is 5.97 Å². The largest absolute Gasteiger partial charge is 0.485 e. The number of benzene rings is 3. The lowest BCUT2D eigenvalue weighted by Crippen LogP contribution is -2.14. The third-order valence-corrected chi connectivity index (χ3v) is 9.46. The fourth-order valence-corrected chi connectivity index (χ4v) is 6.60. The maximum Gasteiger partial charge on any atom is 0.337 e. The fourth-order valence-electron chi connectivity index (χ4n) is 3.96. The molecule has 0 atom stereocenters. The number of aromatic nitrogens is 4. The summed E-state index contributed by atoms with van der Waals surface area (Å²) in [4.78, 5) is 41.3. The Morgan fingerprint density at radius 2 is 1.61 bits per heavy atom. The smallest absolute Gasteiger partial charge is 0.337 e. The van der Waals surface area contributed by atoms with Crippen LogP contribution in [-0.4, -0.2) is 56.1 Å². The van der Waals surface area contributed by atoms with Gasteiger partial charge in [0.15, 0.2) is 15.3 Å². The Morgan fingerprint density at radius 1 is 0.909 bits per heavy atom. The molecule has 0 aliphatic heterocycles. The summed E-state index contributed by atoms with van der Waals surface area (Å²) in [5, 5.41) is 14.7. The van der Waals surface area contributed by atoms with Crippen molar-refractivity contribution in [3.63, 3.8) is 0 Å². The van der Waals surface area contributed by atoms with Gasteiger partial charge in [0.1, 0.15) is 12.4 Å². The Labute approximate surface area is 265 Å². The minimum Gasteiger partial charge on any atom is -0.485 e. The van der Waals surface area contributed by atoms with E-state index >= 15 is 0 Å². The first-order chi connectivity index (χ1) is 21.3. The first-order valence-corrected chi connectivity index (χ1v) is 16.1. The second-order valence-electron chi connectivity index (χ2n) is 9.42. The van der Waals surface area contributed by atoms with Crippen LogP contribution >= 0.6 is 34.9 Å². The molecule has 0 bridgehead atoms. The number of carbonyl (C=O) groups is 3. The minimum absolute atomic E-state index is 0.160. The summed E-state index contributed by atoms with van der Waals surface area (Å²) in [6.45, 7) is 2.25. The highest BCUT2D eigenvalue weighted by atomic mass is 32.2. The first-order valence-electron chi connectivity index (χ1n) is 13.3. The average molecular weight is 649 g/mol. The third kappa shape index (κ3) is 7.95. The molecule has 0 unspecified atom stereocenters. The van der Waals surface area contributed by atoms with E-state index in [1.807, 2.05) is 54.9 Å². The zero-order valence-electron chi connectivity index (χ0n) is 24.0. The number of ether oxygens (including phenoxy) is 2. The van der Waals surface area contributed by atoms with Gasteiger partial charge in [0.25, 0.3) is 0 Å². The Bertz CT molecular complexity index is 1800. The maximum absolute atomic E-state index is 12.7. The maximum atomic E-state index is 12.7. The van der Waals surface area contributed by atoms with Gasteiger partial charge in [-0.2, -0.15) is 0 Å². The number of nitrogens with zero attached hydrogens (tertiary/aromatic N) is 4. The molecule has 2 amide bonds. The van der Waals surface area contributed by atoms with Crippen LogP contribution in [-0.2, 0) is 28.0 Å². The summed E-state index contributed by atoms with van der Waals surface area (Å²) in [5.41, 5.74) is 3.46. The molecule has 0 spiro atoms. The summed E-state index contributed by atoms with van der Waals surface area (Å²) in [6.07, 6.45) is 0. The Morgan fingerprint density at radius 3 is 2.36 bits per heavy atom. The molecule has 2 N–H and O–H groups in total. The topological polar surface area (TPSA) is 137 Å². The van der Waals surface area contributed by atoms with Gasteiger partial charge >= 0.3 is 5.97 Å². The molecule has 5 aromatic rings. The Balaban J connectivity index is 1.09. The molecular formula is C30H28N6O5S3. The van der Waals surface area contributed by atoms with Gasteiger partial charge in [-0.15, -0.1) is 21.5 Å². The minimum atomic E-state index is -0.437. The molecule has 11 nitrogen and oxygen atoms in total. The molecule has 0 saturated heterocycles. The van der Waals surface area contributed by atoms with E-state index in [0.29, 0.717) is 27.9 Å². The number of anilines is 2. The Hall–Kier alpha value is -4.40. The Kier molecular flexibility index (Phi) is 10.1. The number of rotatable bonds is 12. The number of methoxy groups -OCH3 is 1. The number of amides is 2. The molecule has 3 aromatic carbocycles. The molecular weight excluding hydrogens is 621 g/mol. The van der Waals surface area contributed by atoms with Gasteiger partial charge in [-0.1, -0.05) is 41.7 Å². The van der Waals surface area contributed by atoms with Gasteiger partial charge in [0, 0.05) is 18.4 Å². The van der Waals surface area contributed by atoms with Crippen molar-refractivity contribution in [3.8, 4) is 5.75 Å². The zero-order chi connectivity index (χ0) is 31.1. The lowest BCUT2D eigenvalue weighted by atomic mass is 10.2. The van der Waals surface area contributed by atoms with Crippen LogP contribution in [0.4, 0.5) is 11.4 Å². The van der Waals surface area contributed by atoms with Crippen molar-refractivity contribution >= 4 is 74.2 Å². The molecule has 0 saturated carbocycles. The first kappa shape index (κ1) is 31.0. The van der Waals surface area contributed by atoms with E-state index in [4.69, 9.17) is 4.74 Å². The van der Waals surface area contributed by atoms with Crippen molar-refractivity contribution in [2.75, 3.05) is 29.2 Å². The average Bonchev–Trinajstić information content (AvgIpc) is 3.60. The van der Waals surface area contributed by atoms with Gasteiger partial charge < -0.3 is 24.7 Å². The molecule has 226 valence electrons. The monoisotopic (exact) mass is 648 g/mol. The number of nitrogens with one attached hydrogen (secondary N) is 2. The molecule has 5 rings (SSSR count). The van der Waals surface area contributed by atoms with Crippen LogP contribution in [0, 0.1) is 6.92 Å². The zero-order valence-corrected chi connectivity index (χ0v) is 26.5. The van der Waals surface area contributed by atoms with Gasteiger partial charge in [0.05, 0.1) is 34.4 Å². The summed E-state index contributed by atoms with van der Waals surface area (Å²) in [7, 11) is 3.16. The van der Waals surface area contributed by atoms with Gasteiger partial charge in [-0.3, -0.25) is 9.59 Å². The highest BCUT2D eigenvalue weighted by Crippen LogP contribution is 2.31. The second-order valence-corrected chi connectivity index (χ2v) is 12.6. The number of hydrogen-bond donors (Lipinski definition) is 2. The van der Waals surface area contributed by atoms with Crippen LogP contribution in [0.15, 0.2) is 76.2 Å². The summed E-state index contributed by atoms with van der Waals surface area (Å²) in [5.74, 6) is 0.970. The number of hydrogen-bond acceptors (Lipinski definition) is 11. The molecule has 2 heterocycles. The van der Waals surface area contributed by atoms with Crippen molar-refractivity contribution in [1.29, 1.82) is 0 Å². The van der Waals surface area contributed by atoms with E-state index in [0.717, 1.165) is 25.9 Å². The molecule has 0 aliphatic rings. The van der Waals surface area contributed by atoms with Crippen molar-refractivity contribution < 1.29 is 23.9 Å². The van der Waals surface area contributed by atoms with Gasteiger partial charge in [0.2, 0.25) is 11.8 Å². The molecule has 0 fully saturated rings. The van der Waals surface area contributed by atoms with Crippen molar-refractivity contribution in [3.05, 3.63) is 83.7 Å². The van der Waals surface area contributed by atoms with Crippen molar-refractivity contribution in [2.45, 2.75) is 23.0 Å². The van der Waals surface area contributed by atoms with E-state index in [9.17, 15) is 14.4 Å². The normalized spacial score (nSPS) is 10.9. The lowest BCUT2D eigenvalue weighted by molar-refractivity contribution is -0.114. The third-order valence-electron chi connectivity index (χ3n) is 6.28. The van der Waals surface area contributed by atoms with E-state index in [1.165, 1.54) is 42.0 Å². The molecule has 0 aliphatic carbocycles. The van der Waals surface area contributed by atoms with Crippen molar-refractivity contribution in [1.82, 2.24) is 19.7 Å². The number of aryl methyl sites for hydroxylation is 1. The molecule has 0 radical (unpaired) electrons. The van der Waals surface area contributed by atoms with Gasteiger partial charge in [-0.05, 0) is 61.0 Å². The summed E-state index contributed by atoms with van der Waals surface area (Å²) >= 11 is 4.06. The summed E-state index contributed by atoms with van der Waals surface area (Å²) < 4.78 is 14.0. The molecule has 14 heteroatoms. The number of carbonyl (C=O) groups excluding carboxylic acids is 3. The predicted molar refractivity (Wildman–Crippen MR) is 173 cm³/mol. The number of esters is 1. The van der Waals surface area contributed by atoms with Crippen LogP contribution in [0.3, 0.4) is 0 Å². The van der Waals surface area contributed by atoms with E-state index in [2.05, 4.69) is 30.6 Å². The van der Waals surface area contributed by atoms with Crippen LogP contribution in [0.25, 0.3) is 10.2 Å². The number of thiazole rings is 1. The molecule has 2 aromatic heterocycles.